The lowest BCUT2D eigenvalue weighted by molar-refractivity contribution is 0.0240. The van der Waals surface area contributed by atoms with Crippen molar-refractivity contribution in [3.8, 4) is 0 Å². The van der Waals surface area contributed by atoms with Crippen molar-refractivity contribution in [2.24, 2.45) is 0 Å². The van der Waals surface area contributed by atoms with Crippen LogP contribution in [0.3, 0.4) is 0 Å². The van der Waals surface area contributed by atoms with Crippen LogP contribution >= 0.6 is 27.5 Å². The molecule has 0 N–H and O–H groups in total. The Hall–Kier alpha value is -1.60. The van der Waals surface area contributed by atoms with E-state index in [4.69, 9.17) is 21.3 Å². The van der Waals surface area contributed by atoms with Gasteiger partial charge in [-0.15, -0.1) is 0 Å². The number of halogens is 2. The minimum atomic E-state index is -0.494. The van der Waals surface area contributed by atoms with Gasteiger partial charge in [-0.25, -0.2) is 14.8 Å². The second-order valence-electron chi connectivity index (χ2n) is 7.41. The fourth-order valence-electron chi connectivity index (χ4n) is 2.85. The quantitative estimate of drug-likeness (QED) is 0.656. The van der Waals surface area contributed by atoms with Crippen LogP contribution in [0, 0.1) is 6.92 Å². The SMILES string of the molecule is Cc1cc(Br)c2nc(N3CCN(C(=O)OC(C)(C)C)CC3)c(Cl)nc2c1. The number of fused-ring (bicyclic) bond motifs is 1. The van der Waals surface area contributed by atoms with Crippen LogP contribution in [-0.4, -0.2) is 52.7 Å². The molecular formula is C18H22BrClN4O2. The second kappa shape index (κ2) is 7.19. The summed E-state index contributed by atoms with van der Waals surface area (Å²) >= 11 is 9.94. The van der Waals surface area contributed by atoms with Crippen LogP contribution in [0.2, 0.25) is 5.15 Å². The Kier molecular flexibility index (Phi) is 5.30. The van der Waals surface area contributed by atoms with E-state index in [0.717, 1.165) is 21.1 Å². The van der Waals surface area contributed by atoms with Gasteiger partial charge < -0.3 is 14.5 Å². The molecule has 1 amide bonds. The van der Waals surface area contributed by atoms with Crippen LogP contribution in [-0.2, 0) is 4.74 Å². The van der Waals surface area contributed by atoms with Crippen LogP contribution in [0.5, 0.6) is 0 Å². The number of aromatic nitrogens is 2. The van der Waals surface area contributed by atoms with Gasteiger partial charge in [-0.05, 0) is 61.3 Å². The van der Waals surface area contributed by atoms with Gasteiger partial charge in [0, 0.05) is 30.7 Å². The molecule has 26 heavy (non-hydrogen) atoms. The Morgan fingerprint density at radius 3 is 2.46 bits per heavy atom. The van der Waals surface area contributed by atoms with Crippen LogP contribution in [0.25, 0.3) is 11.0 Å². The van der Waals surface area contributed by atoms with Gasteiger partial charge in [0.05, 0.1) is 5.52 Å². The number of amides is 1. The molecule has 1 saturated heterocycles. The van der Waals surface area contributed by atoms with E-state index in [0.29, 0.717) is 37.1 Å². The Morgan fingerprint density at radius 2 is 1.85 bits per heavy atom. The summed E-state index contributed by atoms with van der Waals surface area (Å²) in [5.41, 5.74) is 2.14. The maximum atomic E-state index is 12.2. The van der Waals surface area contributed by atoms with Gasteiger partial charge >= 0.3 is 6.09 Å². The average Bonchev–Trinajstić information content (AvgIpc) is 2.52. The summed E-state index contributed by atoms with van der Waals surface area (Å²) < 4.78 is 6.33. The minimum absolute atomic E-state index is 0.286. The number of aryl methyl sites for hydroxylation is 1. The summed E-state index contributed by atoms with van der Waals surface area (Å²) in [6, 6.07) is 3.97. The highest BCUT2D eigenvalue weighted by atomic mass is 79.9. The fraction of sp³-hybridized carbons (Fsp3) is 0.500. The molecule has 1 aliphatic rings. The van der Waals surface area contributed by atoms with E-state index >= 15 is 0 Å². The lowest BCUT2D eigenvalue weighted by atomic mass is 10.2. The van der Waals surface area contributed by atoms with Crippen molar-refractivity contribution >= 4 is 50.5 Å². The fourth-order valence-corrected chi connectivity index (χ4v) is 3.75. The largest absolute Gasteiger partial charge is 0.444 e. The van der Waals surface area contributed by atoms with Gasteiger partial charge in [0.25, 0.3) is 0 Å². The lowest BCUT2D eigenvalue weighted by Crippen LogP contribution is -2.50. The van der Waals surface area contributed by atoms with Crippen molar-refractivity contribution in [1.29, 1.82) is 0 Å². The number of carbonyl (C=O) groups is 1. The van der Waals surface area contributed by atoms with E-state index < -0.39 is 5.60 Å². The number of rotatable bonds is 1. The molecule has 1 aromatic carbocycles. The Morgan fingerprint density at radius 1 is 1.19 bits per heavy atom. The molecule has 0 unspecified atom stereocenters. The number of nitrogens with zero attached hydrogens (tertiary/aromatic N) is 4. The number of benzene rings is 1. The monoisotopic (exact) mass is 440 g/mol. The molecule has 2 heterocycles. The third-order valence-electron chi connectivity index (χ3n) is 4.04. The molecule has 3 rings (SSSR count). The molecule has 1 fully saturated rings. The first-order valence-corrected chi connectivity index (χ1v) is 9.67. The summed E-state index contributed by atoms with van der Waals surface area (Å²) in [5, 5.41) is 0.376. The van der Waals surface area contributed by atoms with Gasteiger partial charge in [-0.1, -0.05) is 11.6 Å². The van der Waals surface area contributed by atoms with Crippen molar-refractivity contribution in [2.75, 3.05) is 31.1 Å². The molecule has 0 aliphatic carbocycles. The molecule has 0 saturated carbocycles. The van der Waals surface area contributed by atoms with Crippen molar-refractivity contribution in [2.45, 2.75) is 33.3 Å². The maximum Gasteiger partial charge on any atom is 0.410 e. The molecular weight excluding hydrogens is 420 g/mol. The van der Waals surface area contributed by atoms with E-state index in [2.05, 4.69) is 25.8 Å². The van der Waals surface area contributed by atoms with E-state index in [-0.39, 0.29) is 6.09 Å². The van der Waals surface area contributed by atoms with Gasteiger partial charge in [-0.3, -0.25) is 0 Å². The minimum Gasteiger partial charge on any atom is -0.444 e. The van der Waals surface area contributed by atoms with E-state index in [9.17, 15) is 4.79 Å². The lowest BCUT2D eigenvalue weighted by Gasteiger charge is -2.36. The molecule has 0 atom stereocenters. The van der Waals surface area contributed by atoms with Crippen molar-refractivity contribution in [3.05, 3.63) is 27.3 Å². The molecule has 1 aliphatic heterocycles. The highest BCUT2D eigenvalue weighted by Gasteiger charge is 2.27. The number of hydrogen-bond acceptors (Lipinski definition) is 5. The van der Waals surface area contributed by atoms with Gasteiger partial charge in [0.1, 0.15) is 11.1 Å². The number of anilines is 1. The van der Waals surface area contributed by atoms with Gasteiger partial charge in [-0.2, -0.15) is 0 Å². The zero-order valence-corrected chi connectivity index (χ0v) is 17.7. The predicted octanol–water partition coefficient (Wildman–Crippen LogP) is 4.41. The molecule has 6 nitrogen and oxygen atoms in total. The van der Waals surface area contributed by atoms with Crippen LogP contribution in [0.15, 0.2) is 16.6 Å². The molecule has 0 spiro atoms. The maximum absolute atomic E-state index is 12.2. The van der Waals surface area contributed by atoms with Gasteiger partial charge in [0.2, 0.25) is 0 Å². The topological polar surface area (TPSA) is 58.6 Å². The summed E-state index contributed by atoms with van der Waals surface area (Å²) in [4.78, 5) is 25.2. The summed E-state index contributed by atoms with van der Waals surface area (Å²) in [5.74, 6) is 0.646. The molecule has 140 valence electrons. The molecule has 8 heteroatoms. The highest BCUT2D eigenvalue weighted by Crippen LogP contribution is 2.30. The number of piperazine rings is 1. The van der Waals surface area contributed by atoms with Crippen molar-refractivity contribution in [3.63, 3.8) is 0 Å². The smallest absolute Gasteiger partial charge is 0.410 e. The third-order valence-corrected chi connectivity index (χ3v) is 4.90. The average molecular weight is 442 g/mol. The standard InChI is InChI=1S/C18H22BrClN4O2/c1-11-9-12(19)14-13(10-11)21-15(20)16(22-14)23-5-7-24(8-6-23)17(25)26-18(2,3)4/h9-10H,5-8H2,1-4H3. The third kappa shape index (κ3) is 4.20. The Bertz CT molecular complexity index is 845. The van der Waals surface area contributed by atoms with Gasteiger partial charge in [0.15, 0.2) is 11.0 Å². The first kappa shape index (κ1) is 19.2. The normalized spacial score (nSPS) is 15.5. The van der Waals surface area contributed by atoms with Crippen molar-refractivity contribution in [1.82, 2.24) is 14.9 Å². The zero-order chi connectivity index (χ0) is 19.1. The van der Waals surface area contributed by atoms with Crippen LogP contribution < -0.4 is 4.90 Å². The highest BCUT2D eigenvalue weighted by molar-refractivity contribution is 9.10. The predicted molar refractivity (Wildman–Crippen MR) is 107 cm³/mol. The molecule has 0 radical (unpaired) electrons. The van der Waals surface area contributed by atoms with E-state index in [1.54, 1.807) is 4.90 Å². The Balaban J connectivity index is 1.77. The van der Waals surface area contributed by atoms with Crippen molar-refractivity contribution < 1.29 is 9.53 Å². The zero-order valence-electron chi connectivity index (χ0n) is 15.3. The first-order valence-electron chi connectivity index (χ1n) is 8.50. The van der Waals surface area contributed by atoms with Crippen LogP contribution in [0.1, 0.15) is 26.3 Å². The first-order chi connectivity index (χ1) is 12.1. The molecule has 1 aromatic heterocycles. The van der Waals surface area contributed by atoms with Crippen LogP contribution in [0.4, 0.5) is 10.6 Å². The summed E-state index contributed by atoms with van der Waals surface area (Å²) in [6.45, 7) is 9.97. The van der Waals surface area contributed by atoms with E-state index in [1.165, 1.54) is 0 Å². The number of ether oxygens (including phenoxy) is 1. The summed E-state index contributed by atoms with van der Waals surface area (Å²) in [7, 11) is 0. The Labute approximate surface area is 166 Å². The second-order valence-corrected chi connectivity index (χ2v) is 8.62. The number of hydrogen-bond donors (Lipinski definition) is 0. The van der Waals surface area contributed by atoms with E-state index in [1.807, 2.05) is 39.8 Å². The number of carbonyl (C=O) groups excluding carboxylic acids is 1. The summed E-state index contributed by atoms with van der Waals surface area (Å²) in [6.07, 6.45) is -0.286. The molecule has 2 aromatic rings. The molecule has 0 bridgehead atoms.